The number of likely N-dealkylation sites (N-methyl/N-ethyl adjacent to an activating group) is 1. The summed E-state index contributed by atoms with van der Waals surface area (Å²) in [6, 6.07) is 13.1. The maximum atomic E-state index is 15.7. The van der Waals surface area contributed by atoms with Crippen LogP contribution in [0, 0.1) is 12.8 Å². The zero-order valence-corrected chi connectivity index (χ0v) is 29.6. The van der Waals surface area contributed by atoms with Gasteiger partial charge in [0.1, 0.15) is 24.6 Å². The fourth-order valence-corrected chi connectivity index (χ4v) is 7.60. The van der Waals surface area contributed by atoms with E-state index in [1.54, 1.807) is 53.4 Å². The molecule has 3 aliphatic heterocycles. The van der Waals surface area contributed by atoms with Crippen molar-refractivity contribution in [2.75, 3.05) is 54.5 Å². The van der Waals surface area contributed by atoms with Gasteiger partial charge < -0.3 is 29.4 Å². The summed E-state index contributed by atoms with van der Waals surface area (Å²) in [6.07, 6.45) is -8.77. The quantitative estimate of drug-likeness (QED) is 0.291. The van der Waals surface area contributed by atoms with Crippen LogP contribution in [0.25, 0.3) is 0 Å². The number of alkyl halides is 4. The summed E-state index contributed by atoms with van der Waals surface area (Å²) in [5.41, 5.74) is 0.432. The molecule has 2 aromatic carbocycles. The van der Waals surface area contributed by atoms with Crippen molar-refractivity contribution in [2.45, 2.75) is 50.8 Å². The lowest BCUT2D eigenvalue weighted by Gasteiger charge is -2.42. The SMILES string of the molecule is Cc1cc(C(F)(F)F)cc(N2C(=O)C[C@@H]3CN(CCN(C(=O)OCc4ccccc4)[C@H]4CCN(C(=O)O)C[C@H]4F)c4c(Cl)cccc4N(C)C(=O)[C@H]32)n1. The number of piperidine rings is 1. The molecule has 0 spiro atoms. The number of para-hydroxylation sites is 1. The van der Waals surface area contributed by atoms with Gasteiger partial charge in [0.25, 0.3) is 0 Å². The lowest BCUT2D eigenvalue weighted by Crippen LogP contribution is -2.57. The van der Waals surface area contributed by atoms with E-state index in [0.717, 1.165) is 21.9 Å². The molecular weight excluding hydrogens is 724 g/mol. The number of benzene rings is 2. The Morgan fingerprint density at radius 2 is 1.81 bits per heavy atom. The highest BCUT2D eigenvalue weighted by molar-refractivity contribution is 6.34. The number of carbonyl (C=O) groups excluding carboxylic acids is 3. The average molecular weight is 761 g/mol. The highest BCUT2D eigenvalue weighted by Crippen LogP contribution is 2.43. The summed E-state index contributed by atoms with van der Waals surface area (Å²) < 4.78 is 62.8. The summed E-state index contributed by atoms with van der Waals surface area (Å²) in [5.74, 6) is -2.22. The van der Waals surface area contributed by atoms with Crippen LogP contribution >= 0.6 is 11.6 Å². The maximum Gasteiger partial charge on any atom is 0.416 e. The molecule has 17 heteroatoms. The van der Waals surface area contributed by atoms with Crippen LogP contribution in [0.5, 0.6) is 0 Å². The first-order valence-electron chi connectivity index (χ1n) is 16.9. The Bertz CT molecular complexity index is 1890. The summed E-state index contributed by atoms with van der Waals surface area (Å²) >= 11 is 6.76. The van der Waals surface area contributed by atoms with Crippen LogP contribution in [-0.2, 0) is 27.1 Å². The summed E-state index contributed by atoms with van der Waals surface area (Å²) in [6.45, 7) is 0.687. The predicted molar refractivity (Wildman–Crippen MR) is 187 cm³/mol. The number of carbonyl (C=O) groups is 4. The summed E-state index contributed by atoms with van der Waals surface area (Å²) in [5, 5.41) is 9.70. The molecule has 1 aromatic heterocycles. The van der Waals surface area contributed by atoms with Crippen molar-refractivity contribution >= 4 is 52.8 Å². The van der Waals surface area contributed by atoms with Crippen LogP contribution in [0.1, 0.15) is 29.7 Å². The van der Waals surface area contributed by atoms with E-state index in [4.69, 9.17) is 16.3 Å². The van der Waals surface area contributed by atoms with Crippen molar-refractivity contribution in [2.24, 2.45) is 5.92 Å². The van der Waals surface area contributed by atoms with Gasteiger partial charge in [0, 0.05) is 51.3 Å². The van der Waals surface area contributed by atoms with Crippen LogP contribution in [-0.4, -0.2) is 102 Å². The van der Waals surface area contributed by atoms with E-state index in [0.29, 0.717) is 16.9 Å². The van der Waals surface area contributed by atoms with Crippen LogP contribution in [0.3, 0.4) is 0 Å². The van der Waals surface area contributed by atoms with Crippen LogP contribution in [0.2, 0.25) is 5.02 Å². The molecule has 3 aromatic rings. The second-order valence-corrected chi connectivity index (χ2v) is 13.7. The molecule has 4 heterocycles. The van der Waals surface area contributed by atoms with Crippen molar-refractivity contribution in [3.63, 3.8) is 0 Å². The predicted octanol–water partition coefficient (Wildman–Crippen LogP) is 6.00. The van der Waals surface area contributed by atoms with Gasteiger partial charge in [0.05, 0.1) is 34.5 Å². The first-order valence-corrected chi connectivity index (χ1v) is 17.3. The lowest BCUT2D eigenvalue weighted by molar-refractivity contribution is -0.137. The van der Waals surface area contributed by atoms with Gasteiger partial charge in [-0.15, -0.1) is 0 Å². The van der Waals surface area contributed by atoms with Gasteiger partial charge in [0.15, 0.2) is 0 Å². The van der Waals surface area contributed by atoms with E-state index >= 15 is 4.39 Å². The largest absolute Gasteiger partial charge is 0.465 e. The lowest BCUT2D eigenvalue weighted by atomic mass is 9.95. The Morgan fingerprint density at radius 3 is 2.49 bits per heavy atom. The number of ether oxygens (including phenoxy) is 1. The fraction of sp³-hybridized carbons (Fsp3) is 0.417. The van der Waals surface area contributed by atoms with E-state index in [-0.39, 0.29) is 62.2 Å². The zero-order valence-electron chi connectivity index (χ0n) is 28.8. The third-order valence-electron chi connectivity index (χ3n) is 9.85. The third kappa shape index (κ3) is 7.82. The third-order valence-corrected chi connectivity index (χ3v) is 10.2. The number of likely N-dealkylation sites (tertiary alicyclic amines) is 1. The van der Waals surface area contributed by atoms with E-state index in [9.17, 15) is 37.5 Å². The molecule has 0 aliphatic carbocycles. The molecule has 0 radical (unpaired) electrons. The molecule has 3 aliphatic rings. The molecule has 282 valence electrons. The highest BCUT2D eigenvalue weighted by Gasteiger charge is 2.50. The maximum absolute atomic E-state index is 15.7. The molecule has 4 atom stereocenters. The summed E-state index contributed by atoms with van der Waals surface area (Å²) in [7, 11) is 1.47. The molecule has 53 heavy (non-hydrogen) atoms. The molecular formula is C36H37ClF4N6O6. The van der Waals surface area contributed by atoms with Gasteiger partial charge >= 0.3 is 18.4 Å². The smallest absolute Gasteiger partial charge is 0.416 e. The number of carboxylic acid groups (broad SMARTS) is 1. The number of hydrogen-bond acceptors (Lipinski definition) is 7. The van der Waals surface area contributed by atoms with Crippen molar-refractivity contribution in [1.29, 1.82) is 0 Å². The molecule has 0 unspecified atom stereocenters. The van der Waals surface area contributed by atoms with Gasteiger partial charge in [-0.1, -0.05) is 48.0 Å². The van der Waals surface area contributed by atoms with E-state index in [2.05, 4.69) is 4.98 Å². The zero-order chi connectivity index (χ0) is 38.2. The topological polar surface area (TPSA) is 127 Å². The standard InChI is InChI=1S/C36H37ClF4N6O6/c1-21-15-24(36(39,40)41)17-29(42-21)47-30(48)16-23-18-44(32-25(37)9-6-10-28(32)43(2)33(49)31(23)47)13-14-46(27-11-12-45(34(50)51)19-26(27)38)35(52)53-20-22-7-4-3-5-8-22/h3-10,15,17,23,26-27,31H,11-14,16,18-20H2,1-2H3,(H,50,51)/t23-,26-,27+,31+/m1/s1. The van der Waals surface area contributed by atoms with E-state index in [1.165, 1.54) is 23.8 Å². The monoisotopic (exact) mass is 760 g/mol. The van der Waals surface area contributed by atoms with E-state index < -0.39 is 66.5 Å². The van der Waals surface area contributed by atoms with Crippen molar-refractivity contribution in [3.05, 3.63) is 82.5 Å². The number of rotatable bonds is 7. The first kappa shape index (κ1) is 37.6. The van der Waals surface area contributed by atoms with Gasteiger partial charge in [-0.2, -0.15) is 13.2 Å². The number of fused-ring (bicyclic) bond motifs is 2. The number of hydrogen-bond donors (Lipinski definition) is 1. The Hall–Kier alpha value is -5.12. The van der Waals surface area contributed by atoms with Crippen LogP contribution in [0.4, 0.5) is 44.3 Å². The number of amides is 4. The molecule has 0 bridgehead atoms. The molecule has 2 saturated heterocycles. The second-order valence-electron chi connectivity index (χ2n) is 13.3. The number of anilines is 3. The number of pyridine rings is 1. The minimum absolute atomic E-state index is 0.0000531. The fourth-order valence-electron chi connectivity index (χ4n) is 7.31. The highest BCUT2D eigenvalue weighted by atomic mass is 35.5. The number of aromatic nitrogens is 1. The van der Waals surface area contributed by atoms with Gasteiger partial charge in [-0.3, -0.25) is 14.5 Å². The minimum atomic E-state index is -4.73. The molecule has 0 saturated carbocycles. The second kappa shape index (κ2) is 15.1. The Balaban J connectivity index is 1.33. The Morgan fingerprint density at radius 1 is 1.08 bits per heavy atom. The molecule has 12 nitrogen and oxygen atoms in total. The molecule has 1 N–H and O–H groups in total. The van der Waals surface area contributed by atoms with Crippen molar-refractivity contribution < 1.29 is 46.6 Å². The van der Waals surface area contributed by atoms with Gasteiger partial charge in [-0.25, -0.2) is 19.0 Å². The number of halogens is 5. The molecule has 4 amide bonds. The average Bonchev–Trinajstić information content (AvgIpc) is 3.44. The van der Waals surface area contributed by atoms with Crippen molar-refractivity contribution in [1.82, 2.24) is 14.8 Å². The Kier molecular flexibility index (Phi) is 10.7. The number of aryl methyl sites for hydroxylation is 1. The Labute approximate surface area is 307 Å². The van der Waals surface area contributed by atoms with Crippen molar-refractivity contribution in [3.8, 4) is 0 Å². The van der Waals surface area contributed by atoms with Crippen LogP contribution < -0.4 is 14.7 Å². The first-order chi connectivity index (χ1) is 25.1. The number of nitrogens with zero attached hydrogens (tertiary/aromatic N) is 6. The summed E-state index contributed by atoms with van der Waals surface area (Å²) in [4.78, 5) is 63.6. The van der Waals surface area contributed by atoms with Crippen LogP contribution in [0.15, 0.2) is 60.7 Å². The van der Waals surface area contributed by atoms with Gasteiger partial charge in [0.2, 0.25) is 11.8 Å². The minimum Gasteiger partial charge on any atom is -0.465 e. The molecule has 2 fully saturated rings. The van der Waals surface area contributed by atoms with Gasteiger partial charge in [-0.05, 0) is 43.2 Å². The molecule has 6 rings (SSSR count). The normalized spacial score (nSPS) is 21.9. The van der Waals surface area contributed by atoms with E-state index in [1.807, 2.05) is 0 Å².